The molecular formula is C24H30S3. The Balaban J connectivity index is 0.000000202. The van der Waals surface area contributed by atoms with Gasteiger partial charge in [-0.1, -0.05) is 63.2 Å². The highest BCUT2D eigenvalue weighted by atomic mass is 32.1. The molecule has 144 valence electrons. The Morgan fingerprint density at radius 1 is 0.556 bits per heavy atom. The van der Waals surface area contributed by atoms with Crippen LogP contribution in [0, 0.1) is 0 Å². The normalized spacial score (nSPS) is 9.56. The quantitative estimate of drug-likeness (QED) is 0.361. The average molecular weight is 415 g/mol. The van der Waals surface area contributed by atoms with E-state index in [-0.39, 0.29) is 0 Å². The van der Waals surface area contributed by atoms with Crippen LogP contribution in [0.5, 0.6) is 0 Å². The van der Waals surface area contributed by atoms with E-state index in [4.69, 9.17) is 0 Å². The average Bonchev–Trinajstić information content (AvgIpc) is 2.70. The second-order valence-electron chi connectivity index (χ2n) is 6.03. The SMILES string of the molecule is CCc1ccc(S)cc1.CCc1cccc(S)c1.CCc1ccccc1S. The first-order chi connectivity index (χ1) is 13.0. The second-order valence-corrected chi connectivity index (χ2v) is 7.54. The fourth-order valence-corrected chi connectivity index (χ4v) is 3.04. The van der Waals surface area contributed by atoms with Crippen molar-refractivity contribution >= 4 is 37.9 Å². The summed E-state index contributed by atoms with van der Waals surface area (Å²) < 4.78 is 0. The Morgan fingerprint density at radius 3 is 1.63 bits per heavy atom. The van der Waals surface area contributed by atoms with Crippen LogP contribution >= 0.6 is 37.9 Å². The van der Waals surface area contributed by atoms with Crippen molar-refractivity contribution in [1.29, 1.82) is 0 Å². The molecule has 0 atom stereocenters. The molecule has 3 rings (SSSR count). The minimum absolute atomic E-state index is 1.03. The van der Waals surface area contributed by atoms with Crippen LogP contribution in [-0.4, -0.2) is 0 Å². The molecule has 0 aliphatic rings. The van der Waals surface area contributed by atoms with Crippen molar-refractivity contribution < 1.29 is 0 Å². The molecule has 3 aromatic rings. The van der Waals surface area contributed by atoms with Crippen molar-refractivity contribution in [2.75, 3.05) is 0 Å². The Kier molecular flexibility index (Phi) is 12.2. The van der Waals surface area contributed by atoms with E-state index in [1.807, 2.05) is 42.5 Å². The Bertz CT molecular complexity index is 780. The maximum absolute atomic E-state index is 4.28. The van der Waals surface area contributed by atoms with Gasteiger partial charge < -0.3 is 0 Å². The van der Waals surface area contributed by atoms with Crippen LogP contribution in [0.25, 0.3) is 0 Å². The highest BCUT2D eigenvalue weighted by molar-refractivity contribution is 7.80. The summed E-state index contributed by atoms with van der Waals surface area (Å²) in [4.78, 5) is 3.18. The fraction of sp³-hybridized carbons (Fsp3) is 0.250. The highest BCUT2D eigenvalue weighted by Gasteiger charge is 1.90. The molecule has 0 aliphatic carbocycles. The molecule has 0 saturated heterocycles. The molecule has 0 aliphatic heterocycles. The highest BCUT2D eigenvalue weighted by Crippen LogP contribution is 2.12. The standard InChI is InChI=1S/3C8H10S/c1-2-7-3-5-8(9)6-4-7;1-2-7-4-3-5-8(9)6-7;1-2-7-5-3-4-6-8(7)9/h3*3-6,9H,2H2,1H3. The third kappa shape index (κ3) is 9.99. The van der Waals surface area contributed by atoms with Gasteiger partial charge in [-0.15, -0.1) is 37.9 Å². The van der Waals surface area contributed by atoms with E-state index >= 15 is 0 Å². The van der Waals surface area contributed by atoms with Gasteiger partial charge in [-0.2, -0.15) is 0 Å². The van der Waals surface area contributed by atoms with Crippen LogP contribution in [0.3, 0.4) is 0 Å². The van der Waals surface area contributed by atoms with Crippen LogP contribution in [0.2, 0.25) is 0 Å². The number of benzene rings is 3. The predicted molar refractivity (Wildman–Crippen MR) is 129 cm³/mol. The number of hydrogen-bond acceptors (Lipinski definition) is 3. The van der Waals surface area contributed by atoms with E-state index < -0.39 is 0 Å². The maximum atomic E-state index is 4.28. The van der Waals surface area contributed by atoms with Crippen LogP contribution in [0.1, 0.15) is 37.5 Å². The topological polar surface area (TPSA) is 0 Å². The van der Waals surface area contributed by atoms with Gasteiger partial charge in [-0.05, 0) is 66.3 Å². The lowest BCUT2D eigenvalue weighted by molar-refractivity contribution is 1.09. The summed E-state index contributed by atoms with van der Waals surface area (Å²) in [5, 5.41) is 0. The molecule has 0 spiro atoms. The van der Waals surface area contributed by atoms with Gasteiger partial charge in [-0.3, -0.25) is 0 Å². The zero-order chi connectivity index (χ0) is 20.1. The van der Waals surface area contributed by atoms with Crippen molar-refractivity contribution in [3.63, 3.8) is 0 Å². The molecule has 0 bridgehead atoms. The lowest BCUT2D eigenvalue weighted by Crippen LogP contribution is -1.79. The van der Waals surface area contributed by atoms with E-state index in [2.05, 4.69) is 89.0 Å². The fourth-order valence-electron chi connectivity index (χ4n) is 2.32. The number of aryl methyl sites for hydroxylation is 3. The summed E-state index contributed by atoms with van der Waals surface area (Å²) in [6.07, 6.45) is 3.27. The molecule has 3 aromatic carbocycles. The number of rotatable bonds is 3. The molecular weight excluding hydrogens is 384 g/mol. The molecule has 0 amide bonds. The van der Waals surface area contributed by atoms with Crippen molar-refractivity contribution in [1.82, 2.24) is 0 Å². The van der Waals surface area contributed by atoms with Crippen molar-refractivity contribution in [3.8, 4) is 0 Å². The predicted octanol–water partition coefficient (Wildman–Crippen LogP) is 7.61. The minimum atomic E-state index is 1.03. The van der Waals surface area contributed by atoms with E-state index in [1.54, 1.807) is 0 Å². The Morgan fingerprint density at radius 2 is 1.19 bits per heavy atom. The van der Waals surface area contributed by atoms with Gasteiger partial charge in [-0.25, -0.2) is 0 Å². The van der Waals surface area contributed by atoms with Crippen LogP contribution < -0.4 is 0 Å². The van der Waals surface area contributed by atoms with Gasteiger partial charge in [0.25, 0.3) is 0 Å². The summed E-state index contributed by atoms with van der Waals surface area (Å²) in [6.45, 7) is 6.42. The molecule has 0 aromatic heterocycles. The second kappa shape index (κ2) is 13.8. The summed E-state index contributed by atoms with van der Waals surface area (Å²) in [7, 11) is 0. The monoisotopic (exact) mass is 414 g/mol. The summed E-state index contributed by atoms with van der Waals surface area (Å²) in [5.74, 6) is 0. The number of thiol groups is 3. The molecule has 27 heavy (non-hydrogen) atoms. The van der Waals surface area contributed by atoms with Gasteiger partial charge >= 0.3 is 0 Å². The first kappa shape index (κ1) is 23.7. The Labute approximate surface area is 181 Å². The third-order valence-electron chi connectivity index (χ3n) is 4.04. The molecule has 0 nitrogen and oxygen atoms in total. The molecule has 0 N–H and O–H groups in total. The van der Waals surface area contributed by atoms with Gasteiger partial charge in [0.2, 0.25) is 0 Å². The largest absolute Gasteiger partial charge is 0.143 e. The third-order valence-corrected chi connectivity index (χ3v) is 5.05. The lowest BCUT2D eigenvalue weighted by Gasteiger charge is -1.97. The zero-order valence-electron chi connectivity index (χ0n) is 16.4. The molecule has 0 unspecified atom stereocenters. The van der Waals surface area contributed by atoms with Gasteiger partial charge in [0.05, 0.1) is 0 Å². The summed E-state index contributed by atoms with van der Waals surface area (Å²) >= 11 is 12.7. The van der Waals surface area contributed by atoms with Crippen LogP contribution in [-0.2, 0) is 19.3 Å². The van der Waals surface area contributed by atoms with E-state index in [1.165, 1.54) is 16.7 Å². The smallest absolute Gasteiger partial charge is 0.00719 e. The lowest BCUT2D eigenvalue weighted by atomic mass is 10.2. The van der Waals surface area contributed by atoms with Crippen molar-refractivity contribution in [2.45, 2.75) is 54.7 Å². The molecule has 0 saturated carbocycles. The van der Waals surface area contributed by atoms with E-state index in [9.17, 15) is 0 Å². The van der Waals surface area contributed by atoms with Gasteiger partial charge in [0.1, 0.15) is 0 Å². The summed E-state index contributed by atoms with van der Waals surface area (Å²) in [6, 6.07) is 24.6. The molecule has 0 radical (unpaired) electrons. The molecule has 0 heterocycles. The first-order valence-electron chi connectivity index (χ1n) is 9.32. The zero-order valence-corrected chi connectivity index (χ0v) is 19.1. The van der Waals surface area contributed by atoms with Gasteiger partial charge in [0.15, 0.2) is 0 Å². The minimum Gasteiger partial charge on any atom is -0.143 e. The van der Waals surface area contributed by atoms with Crippen LogP contribution in [0.15, 0.2) is 87.5 Å². The van der Waals surface area contributed by atoms with Crippen molar-refractivity contribution in [3.05, 3.63) is 89.5 Å². The Hall–Kier alpha value is -1.29. The summed E-state index contributed by atoms with van der Waals surface area (Å²) in [5.41, 5.74) is 4.04. The number of hydrogen-bond donors (Lipinski definition) is 3. The van der Waals surface area contributed by atoms with E-state index in [0.29, 0.717) is 0 Å². The molecule has 3 heteroatoms. The first-order valence-corrected chi connectivity index (χ1v) is 10.7. The van der Waals surface area contributed by atoms with Gasteiger partial charge in [0, 0.05) is 14.7 Å². The molecule has 0 fully saturated rings. The van der Waals surface area contributed by atoms with E-state index in [0.717, 1.165) is 33.9 Å². The maximum Gasteiger partial charge on any atom is 0.00719 e. The van der Waals surface area contributed by atoms with Crippen molar-refractivity contribution in [2.24, 2.45) is 0 Å². The van der Waals surface area contributed by atoms with Crippen LogP contribution in [0.4, 0.5) is 0 Å².